The maximum absolute atomic E-state index is 11.8. The van der Waals surface area contributed by atoms with E-state index in [1.54, 1.807) is 0 Å². The van der Waals surface area contributed by atoms with Gasteiger partial charge in [-0.3, -0.25) is 4.79 Å². The Bertz CT molecular complexity index is 410. The second kappa shape index (κ2) is 4.58. The standard InChI is InChI=1S/C13H15BrO2/c1-8-3-4-10(7-11(8)14)12(9-5-6-9)13(15)16-2/h3-4,7,9,12H,5-6H2,1-2H3. The Balaban J connectivity index is 2.31. The molecule has 2 nitrogen and oxygen atoms in total. The number of hydrogen-bond donors (Lipinski definition) is 0. The number of ether oxygens (including phenoxy) is 1. The summed E-state index contributed by atoms with van der Waals surface area (Å²) in [6.45, 7) is 2.04. The summed E-state index contributed by atoms with van der Waals surface area (Å²) in [5, 5.41) is 0. The minimum absolute atomic E-state index is 0.0816. The van der Waals surface area contributed by atoms with Crippen LogP contribution in [0.1, 0.15) is 29.9 Å². The summed E-state index contributed by atoms with van der Waals surface area (Å²) >= 11 is 3.50. The zero-order valence-electron chi connectivity index (χ0n) is 9.50. The lowest BCUT2D eigenvalue weighted by atomic mass is 9.93. The summed E-state index contributed by atoms with van der Waals surface area (Å²) in [4.78, 5) is 11.8. The van der Waals surface area contributed by atoms with Crippen LogP contribution in [0.25, 0.3) is 0 Å². The van der Waals surface area contributed by atoms with E-state index in [9.17, 15) is 4.79 Å². The number of hydrogen-bond acceptors (Lipinski definition) is 2. The highest BCUT2D eigenvalue weighted by Gasteiger charge is 2.38. The smallest absolute Gasteiger partial charge is 0.313 e. The third-order valence-electron chi connectivity index (χ3n) is 3.10. The molecule has 86 valence electrons. The van der Waals surface area contributed by atoms with Gasteiger partial charge in [0.25, 0.3) is 0 Å². The van der Waals surface area contributed by atoms with Crippen molar-refractivity contribution >= 4 is 21.9 Å². The van der Waals surface area contributed by atoms with Crippen LogP contribution in [0.15, 0.2) is 22.7 Å². The third-order valence-corrected chi connectivity index (χ3v) is 3.96. The molecular weight excluding hydrogens is 268 g/mol. The maximum Gasteiger partial charge on any atom is 0.313 e. The third kappa shape index (κ3) is 2.29. The summed E-state index contributed by atoms with van der Waals surface area (Å²) in [7, 11) is 1.46. The first-order chi connectivity index (χ1) is 7.63. The Morgan fingerprint density at radius 2 is 2.19 bits per heavy atom. The average Bonchev–Trinajstić information content (AvgIpc) is 3.07. The highest BCUT2D eigenvalue weighted by atomic mass is 79.9. The number of aryl methyl sites for hydroxylation is 1. The van der Waals surface area contributed by atoms with Crippen molar-refractivity contribution in [1.29, 1.82) is 0 Å². The molecule has 1 atom stereocenters. The Labute approximate surface area is 104 Å². The van der Waals surface area contributed by atoms with E-state index >= 15 is 0 Å². The first-order valence-corrected chi connectivity index (χ1v) is 6.26. The minimum Gasteiger partial charge on any atom is -0.469 e. The van der Waals surface area contributed by atoms with E-state index in [2.05, 4.69) is 15.9 Å². The molecule has 0 spiro atoms. The molecule has 1 aromatic rings. The molecule has 0 heterocycles. The molecule has 1 aromatic carbocycles. The van der Waals surface area contributed by atoms with E-state index in [0.717, 1.165) is 22.9 Å². The molecule has 0 aliphatic heterocycles. The molecule has 0 bridgehead atoms. The van der Waals surface area contributed by atoms with Gasteiger partial charge in [-0.1, -0.05) is 28.1 Å². The second-order valence-corrected chi connectivity index (χ2v) is 5.20. The molecule has 0 amide bonds. The molecule has 0 radical (unpaired) electrons. The lowest BCUT2D eigenvalue weighted by Gasteiger charge is -2.15. The largest absolute Gasteiger partial charge is 0.469 e. The first-order valence-electron chi connectivity index (χ1n) is 5.47. The molecule has 1 fully saturated rings. The first kappa shape index (κ1) is 11.6. The van der Waals surface area contributed by atoms with Gasteiger partial charge in [0, 0.05) is 4.47 Å². The van der Waals surface area contributed by atoms with Gasteiger partial charge < -0.3 is 4.74 Å². The summed E-state index contributed by atoms with van der Waals surface area (Å²) in [6.07, 6.45) is 2.26. The van der Waals surface area contributed by atoms with Crippen molar-refractivity contribution in [3.8, 4) is 0 Å². The van der Waals surface area contributed by atoms with E-state index in [0.29, 0.717) is 5.92 Å². The average molecular weight is 283 g/mol. The lowest BCUT2D eigenvalue weighted by Crippen LogP contribution is -2.16. The quantitative estimate of drug-likeness (QED) is 0.794. The highest BCUT2D eigenvalue weighted by molar-refractivity contribution is 9.10. The Hall–Kier alpha value is -0.830. The Kier molecular flexibility index (Phi) is 3.33. The van der Waals surface area contributed by atoms with Crippen molar-refractivity contribution in [2.75, 3.05) is 7.11 Å². The zero-order valence-corrected chi connectivity index (χ0v) is 11.1. The molecule has 0 N–H and O–H groups in total. The normalized spacial score (nSPS) is 16.9. The van der Waals surface area contributed by atoms with E-state index in [1.165, 1.54) is 12.7 Å². The molecule has 1 aliphatic carbocycles. The van der Waals surface area contributed by atoms with Crippen LogP contribution in [0.5, 0.6) is 0 Å². The van der Waals surface area contributed by atoms with Crippen LogP contribution in [0, 0.1) is 12.8 Å². The number of esters is 1. The fourth-order valence-electron chi connectivity index (χ4n) is 1.96. The predicted octanol–water partition coefficient (Wildman–Crippen LogP) is 3.42. The van der Waals surface area contributed by atoms with Gasteiger partial charge >= 0.3 is 5.97 Å². The van der Waals surface area contributed by atoms with Crippen LogP contribution < -0.4 is 0 Å². The number of carbonyl (C=O) groups excluding carboxylic acids is 1. The van der Waals surface area contributed by atoms with Crippen LogP contribution in [-0.2, 0) is 9.53 Å². The van der Waals surface area contributed by atoms with Crippen molar-refractivity contribution in [2.24, 2.45) is 5.92 Å². The number of rotatable bonds is 3. The van der Waals surface area contributed by atoms with Crippen molar-refractivity contribution in [3.05, 3.63) is 33.8 Å². The van der Waals surface area contributed by atoms with Crippen LogP contribution in [0.3, 0.4) is 0 Å². The SMILES string of the molecule is COC(=O)C(c1ccc(C)c(Br)c1)C1CC1. The zero-order chi connectivity index (χ0) is 11.7. The van der Waals surface area contributed by atoms with Gasteiger partial charge in [-0.05, 0) is 42.9 Å². The van der Waals surface area contributed by atoms with E-state index in [-0.39, 0.29) is 11.9 Å². The van der Waals surface area contributed by atoms with Crippen LogP contribution >= 0.6 is 15.9 Å². The fraction of sp³-hybridized carbons (Fsp3) is 0.462. The van der Waals surface area contributed by atoms with Crippen LogP contribution in [0.2, 0.25) is 0 Å². The minimum atomic E-state index is -0.113. The van der Waals surface area contributed by atoms with Gasteiger partial charge in [0.15, 0.2) is 0 Å². The summed E-state index contributed by atoms with van der Waals surface area (Å²) < 4.78 is 5.94. The molecule has 1 unspecified atom stereocenters. The number of halogens is 1. The lowest BCUT2D eigenvalue weighted by molar-refractivity contribution is -0.143. The van der Waals surface area contributed by atoms with Crippen molar-refractivity contribution < 1.29 is 9.53 Å². The Morgan fingerprint density at radius 3 is 2.69 bits per heavy atom. The summed E-state index contributed by atoms with van der Waals surface area (Å²) in [6, 6.07) is 6.10. The van der Waals surface area contributed by atoms with Gasteiger partial charge in [0.1, 0.15) is 0 Å². The maximum atomic E-state index is 11.8. The van der Waals surface area contributed by atoms with Gasteiger partial charge in [0.05, 0.1) is 13.0 Å². The van der Waals surface area contributed by atoms with Gasteiger partial charge in [-0.25, -0.2) is 0 Å². The predicted molar refractivity (Wildman–Crippen MR) is 66.4 cm³/mol. The molecule has 3 heteroatoms. The fourth-order valence-corrected chi connectivity index (χ4v) is 2.36. The molecule has 0 aromatic heterocycles. The van der Waals surface area contributed by atoms with E-state index in [4.69, 9.17) is 4.74 Å². The summed E-state index contributed by atoms with van der Waals surface area (Å²) in [5.74, 6) is 0.280. The molecule has 1 saturated carbocycles. The molecule has 1 aliphatic rings. The number of methoxy groups -OCH3 is 1. The number of carbonyl (C=O) groups is 1. The van der Waals surface area contributed by atoms with Crippen molar-refractivity contribution in [2.45, 2.75) is 25.7 Å². The monoisotopic (exact) mass is 282 g/mol. The molecule has 2 rings (SSSR count). The molecular formula is C13H15BrO2. The highest BCUT2D eigenvalue weighted by Crippen LogP contribution is 2.43. The van der Waals surface area contributed by atoms with Crippen molar-refractivity contribution in [1.82, 2.24) is 0 Å². The molecule has 0 saturated heterocycles. The number of benzene rings is 1. The van der Waals surface area contributed by atoms with Gasteiger partial charge in [0.2, 0.25) is 0 Å². The van der Waals surface area contributed by atoms with Gasteiger partial charge in [-0.15, -0.1) is 0 Å². The Morgan fingerprint density at radius 1 is 1.50 bits per heavy atom. The van der Waals surface area contributed by atoms with E-state index < -0.39 is 0 Å². The van der Waals surface area contributed by atoms with Crippen molar-refractivity contribution in [3.63, 3.8) is 0 Å². The second-order valence-electron chi connectivity index (χ2n) is 4.35. The summed E-state index contributed by atoms with van der Waals surface area (Å²) in [5.41, 5.74) is 2.25. The molecule has 16 heavy (non-hydrogen) atoms. The topological polar surface area (TPSA) is 26.3 Å². The van der Waals surface area contributed by atoms with Crippen LogP contribution in [0.4, 0.5) is 0 Å². The van der Waals surface area contributed by atoms with Crippen LogP contribution in [-0.4, -0.2) is 13.1 Å². The van der Waals surface area contributed by atoms with Gasteiger partial charge in [-0.2, -0.15) is 0 Å². The van der Waals surface area contributed by atoms with E-state index in [1.807, 2.05) is 25.1 Å².